The minimum absolute atomic E-state index is 0.0122. The first kappa shape index (κ1) is 19.8. The average molecular weight is 361 g/mol. The van der Waals surface area contributed by atoms with Gasteiger partial charge in [-0.1, -0.05) is 25.3 Å². The number of hydrogen-bond donors (Lipinski definition) is 2. The Morgan fingerprint density at radius 2 is 1.92 bits per heavy atom. The average Bonchev–Trinajstić information content (AvgIpc) is 2.66. The first-order valence-corrected chi connectivity index (χ1v) is 8.95. The third kappa shape index (κ3) is 6.06. The summed E-state index contributed by atoms with van der Waals surface area (Å²) in [5.74, 6) is -0.0224. The van der Waals surface area contributed by atoms with Crippen molar-refractivity contribution >= 4 is 23.4 Å². The van der Waals surface area contributed by atoms with Crippen molar-refractivity contribution < 1.29 is 19.1 Å². The molecule has 0 heterocycles. The molecule has 1 aliphatic carbocycles. The summed E-state index contributed by atoms with van der Waals surface area (Å²) in [6, 6.07) is 6.99. The lowest BCUT2D eigenvalue weighted by atomic mass is 9.89. The van der Waals surface area contributed by atoms with Crippen molar-refractivity contribution in [2.45, 2.75) is 32.1 Å². The largest absolute Gasteiger partial charge is 0.497 e. The highest BCUT2D eigenvalue weighted by Gasteiger charge is 2.22. The van der Waals surface area contributed by atoms with Gasteiger partial charge in [0, 0.05) is 24.7 Å². The van der Waals surface area contributed by atoms with Gasteiger partial charge in [-0.25, -0.2) is 0 Å². The molecule has 3 amide bonds. The fourth-order valence-electron chi connectivity index (χ4n) is 3.01. The molecular formula is C19H27N3O4. The SMILES string of the molecule is COc1cccc(NC(=O)CN(C)C(=O)CNC(=O)C2CCCCC2)c1. The molecule has 1 fully saturated rings. The number of hydrogen-bond acceptors (Lipinski definition) is 4. The molecule has 0 aliphatic heterocycles. The van der Waals surface area contributed by atoms with Crippen LogP contribution in [0.4, 0.5) is 5.69 Å². The summed E-state index contributed by atoms with van der Waals surface area (Å²) in [4.78, 5) is 37.6. The van der Waals surface area contributed by atoms with Crippen molar-refractivity contribution in [2.24, 2.45) is 5.92 Å². The van der Waals surface area contributed by atoms with Gasteiger partial charge in [0.25, 0.3) is 0 Å². The van der Waals surface area contributed by atoms with E-state index < -0.39 is 0 Å². The van der Waals surface area contributed by atoms with Crippen molar-refractivity contribution in [1.82, 2.24) is 10.2 Å². The quantitative estimate of drug-likeness (QED) is 0.775. The van der Waals surface area contributed by atoms with Crippen LogP contribution in [0.25, 0.3) is 0 Å². The van der Waals surface area contributed by atoms with Gasteiger partial charge >= 0.3 is 0 Å². The predicted octanol–water partition coefficient (Wildman–Crippen LogP) is 1.79. The second-order valence-corrected chi connectivity index (χ2v) is 6.58. The lowest BCUT2D eigenvalue weighted by molar-refractivity contribution is -0.135. The summed E-state index contributed by atoms with van der Waals surface area (Å²) >= 11 is 0. The fourth-order valence-corrected chi connectivity index (χ4v) is 3.01. The smallest absolute Gasteiger partial charge is 0.243 e. The molecule has 2 rings (SSSR count). The third-order valence-corrected chi connectivity index (χ3v) is 4.55. The molecule has 0 unspecified atom stereocenters. The molecule has 1 aromatic rings. The maximum atomic E-state index is 12.1. The van der Waals surface area contributed by atoms with Crippen molar-refractivity contribution in [3.8, 4) is 5.75 Å². The van der Waals surface area contributed by atoms with E-state index in [0.29, 0.717) is 11.4 Å². The lowest BCUT2D eigenvalue weighted by Crippen LogP contribution is -2.43. The normalized spacial score (nSPS) is 14.4. The highest BCUT2D eigenvalue weighted by Crippen LogP contribution is 2.23. The molecule has 0 saturated heterocycles. The van der Waals surface area contributed by atoms with Crippen LogP contribution >= 0.6 is 0 Å². The van der Waals surface area contributed by atoms with Crippen molar-refractivity contribution in [1.29, 1.82) is 0 Å². The van der Waals surface area contributed by atoms with Crippen LogP contribution in [0.15, 0.2) is 24.3 Å². The van der Waals surface area contributed by atoms with Crippen LogP contribution < -0.4 is 15.4 Å². The number of amides is 3. The Labute approximate surface area is 154 Å². The summed E-state index contributed by atoms with van der Waals surface area (Å²) < 4.78 is 5.10. The first-order valence-electron chi connectivity index (χ1n) is 8.95. The minimum atomic E-state index is -0.312. The molecular weight excluding hydrogens is 334 g/mol. The van der Waals surface area contributed by atoms with Crippen LogP contribution in [-0.2, 0) is 14.4 Å². The molecule has 0 bridgehead atoms. The molecule has 26 heavy (non-hydrogen) atoms. The van der Waals surface area contributed by atoms with Crippen LogP contribution in [0.1, 0.15) is 32.1 Å². The number of ether oxygens (including phenoxy) is 1. The van der Waals surface area contributed by atoms with Gasteiger partial charge in [-0.2, -0.15) is 0 Å². The summed E-state index contributed by atoms with van der Waals surface area (Å²) in [5.41, 5.74) is 0.598. The van der Waals surface area contributed by atoms with E-state index in [2.05, 4.69) is 10.6 Å². The van der Waals surface area contributed by atoms with Crippen molar-refractivity contribution in [2.75, 3.05) is 32.6 Å². The van der Waals surface area contributed by atoms with E-state index in [1.54, 1.807) is 38.4 Å². The van der Waals surface area contributed by atoms with E-state index in [0.717, 1.165) is 25.7 Å². The van der Waals surface area contributed by atoms with Gasteiger partial charge < -0.3 is 20.3 Å². The standard InChI is InChI=1S/C19H27N3O4/c1-22(13-17(23)21-15-9-6-10-16(11-15)26-2)18(24)12-20-19(25)14-7-4-3-5-8-14/h6,9-11,14H,3-5,7-8,12-13H2,1-2H3,(H,20,25)(H,21,23). The summed E-state index contributed by atoms with van der Waals surface area (Å²) in [5, 5.41) is 5.41. The van der Waals surface area contributed by atoms with Gasteiger partial charge in [0.2, 0.25) is 17.7 Å². The Kier molecular flexibility index (Phi) is 7.44. The molecule has 142 valence electrons. The molecule has 0 aromatic heterocycles. The predicted molar refractivity (Wildman–Crippen MR) is 98.8 cm³/mol. The van der Waals surface area contributed by atoms with Crippen LogP contribution in [0.3, 0.4) is 0 Å². The second-order valence-electron chi connectivity index (χ2n) is 6.58. The number of nitrogens with zero attached hydrogens (tertiary/aromatic N) is 1. The molecule has 1 aromatic carbocycles. The number of methoxy groups -OCH3 is 1. The number of anilines is 1. The van der Waals surface area contributed by atoms with Gasteiger partial charge in [-0.15, -0.1) is 0 Å². The highest BCUT2D eigenvalue weighted by atomic mass is 16.5. The van der Waals surface area contributed by atoms with E-state index in [1.165, 1.54) is 11.3 Å². The molecule has 1 aliphatic rings. The molecule has 0 radical (unpaired) electrons. The molecule has 7 nitrogen and oxygen atoms in total. The number of likely N-dealkylation sites (N-methyl/N-ethyl adjacent to an activating group) is 1. The zero-order chi connectivity index (χ0) is 18.9. The van der Waals surface area contributed by atoms with Gasteiger partial charge in [0.1, 0.15) is 5.75 Å². The fraction of sp³-hybridized carbons (Fsp3) is 0.526. The van der Waals surface area contributed by atoms with E-state index >= 15 is 0 Å². The van der Waals surface area contributed by atoms with Crippen LogP contribution in [0.5, 0.6) is 5.75 Å². The first-order chi connectivity index (χ1) is 12.5. The monoisotopic (exact) mass is 361 g/mol. The molecule has 7 heteroatoms. The molecule has 2 N–H and O–H groups in total. The second kappa shape index (κ2) is 9.79. The highest BCUT2D eigenvalue weighted by molar-refractivity contribution is 5.95. The Balaban J connectivity index is 1.74. The lowest BCUT2D eigenvalue weighted by Gasteiger charge is -2.22. The molecule has 1 saturated carbocycles. The Bertz CT molecular complexity index is 641. The van der Waals surface area contributed by atoms with Crippen molar-refractivity contribution in [3.63, 3.8) is 0 Å². The van der Waals surface area contributed by atoms with E-state index in [1.807, 2.05) is 0 Å². The number of benzene rings is 1. The van der Waals surface area contributed by atoms with Crippen LogP contribution in [0.2, 0.25) is 0 Å². The zero-order valence-electron chi connectivity index (χ0n) is 15.4. The summed E-state index contributed by atoms with van der Waals surface area (Å²) in [7, 11) is 3.09. The summed E-state index contributed by atoms with van der Waals surface area (Å²) in [6.45, 7) is -0.173. The number of carbonyl (C=O) groups is 3. The Morgan fingerprint density at radius 1 is 1.19 bits per heavy atom. The molecule has 0 atom stereocenters. The minimum Gasteiger partial charge on any atom is -0.497 e. The van der Waals surface area contributed by atoms with E-state index in [4.69, 9.17) is 4.74 Å². The number of carbonyl (C=O) groups excluding carboxylic acids is 3. The third-order valence-electron chi connectivity index (χ3n) is 4.55. The van der Waals surface area contributed by atoms with Crippen LogP contribution in [0, 0.1) is 5.92 Å². The Morgan fingerprint density at radius 3 is 2.62 bits per heavy atom. The van der Waals surface area contributed by atoms with Gasteiger partial charge in [-0.05, 0) is 25.0 Å². The number of nitrogens with one attached hydrogen (secondary N) is 2. The van der Waals surface area contributed by atoms with E-state index in [-0.39, 0.29) is 36.7 Å². The summed E-state index contributed by atoms with van der Waals surface area (Å²) in [6.07, 6.45) is 5.08. The molecule has 0 spiro atoms. The Hall–Kier alpha value is -2.57. The topological polar surface area (TPSA) is 87.7 Å². The van der Waals surface area contributed by atoms with Gasteiger partial charge in [-0.3, -0.25) is 14.4 Å². The maximum absolute atomic E-state index is 12.1. The maximum Gasteiger partial charge on any atom is 0.243 e. The van der Waals surface area contributed by atoms with Crippen LogP contribution in [-0.4, -0.2) is 49.9 Å². The van der Waals surface area contributed by atoms with Gasteiger partial charge in [0.05, 0.1) is 20.2 Å². The van der Waals surface area contributed by atoms with Crippen molar-refractivity contribution in [3.05, 3.63) is 24.3 Å². The number of rotatable bonds is 7. The zero-order valence-corrected chi connectivity index (χ0v) is 15.4. The van der Waals surface area contributed by atoms with E-state index in [9.17, 15) is 14.4 Å². The van der Waals surface area contributed by atoms with Gasteiger partial charge in [0.15, 0.2) is 0 Å².